The van der Waals surface area contributed by atoms with Crippen LogP contribution in [0, 0.1) is 0 Å². The highest BCUT2D eigenvalue weighted by molar-refractivity contribution is 7.55. The van der Waals surface area contributed by atoms with Crippen LogP contribution >= 0.6 is 17.2 Å². The number of nitrogens with two attached hydrogens (primary N) is 2. The first-order valence-corrected chi connectivity index (χ1v) is 11.1. The Labute approximate surface area is 169 Å². The lowest BCUT2D eigenvalue weighted by Crippen LogP contribution is -2.04. The average molecular weight is 400 g/mol. The van der Waals surface area contributed by atoms with Gasteiger partial charge in [-0.3, -0.25) is 0 Å². The predicted molar refractivity (Wildman–Crippen MR) is 129 cm³/mol. The van der Waals surface area contributed by atoms with Crippen LogP contribution in [0.1, 0.15) is 0 Å². The molecule has 2 unspecified atom stereocenters. The molecule has 0 heterocycles. The predicted octanol–water partition coefficient (Wildman–Crippen LogP) is 3.78. The highest BCUT2D eigenvalue weighted by Gasteiger charge is 2.02. The summed E-state index contributed by atoms with van der Waals surface area (Å²) in [4.78, 5) is 0. The molecule has 4 aromatic carbocycles. The van der Waals surface area contributed by atoms with Gasteiger partial charge in [0.25, 0.3) is 0 Å². The van der Waals surface area contributed by atoms with Crippen molar-refractivity contribution in [1.82, 2.24) is 0 Å². The van der Waals surface area contributed by atoms with Crippen molar-refractivity contribution in [2.75, 3.05) is 11.5 Å². The van der Waals surface area contributed by atoms with Crippen LogP contribution in [-0.2, 0) is 0 Å². The molecule has 4 rings (SSSR count). The third-order valence-electron chi connectivity index (χ3n) is 4.50. The van der Waals surface area contributed by atoms with Gasteiger partial charge in [0, 0.05) is 11.4 Å². The molecule has 0 saturated carbocycles. The van der Waals surface area contributed by atoms with E-state index < -0.39 is 0 Å². The van der Waals surface area contributed by atoms with Crippen LogP contribution < -0.4 is 32.7 Å². The molecule has 2 atom stereocenters. The smallest absolute Gasteiger partial charge is 0.0314 e. The van der Waals surface area contributed by atoms with Gasteiger partial charge in [0.05, 0.1) is 0 Å². The fourth-order valence-corrected chi connectivity index (χ4v) is 4.96. The monoisotopic (exact) mass is 400 g/mol. The summed E-state index contributed by atoms with van der Waals surface area (Å²) in [7, 11) is 1.29. The van der Waals surface area contributed by atoms with Crippen molar-refractivity contribution in [2.24, 2.45) is 0 Å². The molecule has 2 nitrogen and oxygen atoms in total. The van der Waals surface area contributed by atoms with Crippen LogP contribution in [0.15, 0.2) is 97.1 Å². The number of nitrogen functional groups attached to an aromatic ring is 2. The summed E-state index contributed by atoms with van der Waals surface area (Å²) in [6.45, 7) is 0. The molecular formula is C24H22N2P2. The second-order valence-corrected chi connectivity index (χ2v) is 9.46. The highest BCUT2D eigenvalue weighted by Crippen LogP contribution is 2.21. The van der Waals surface area contributed by atoms with Gasteiger partial charge in [0.1, 0.15) is 0 Å². The maximum atomic E-state index is 5.76. The van der Waals surface area contributed by atoms with E-state index in [1.165, 1.54) is 32.3 Å². The van der Waals surface area contributed by atoms with Gasteiger partial charge in [-0.05, 0) is 56.6 Å². The maximum absolute atomic E-state index is 5.76. The second-order valence-electron chi connectivity index (χ2n) is 6.65. The van der Waals surface area contributed by atoms with Crippen molar-refractivity contribution in [2.45, 2.75) is 0 Å². The third-order valence-corrected chi connectivity index (χ3v) is 6.99. The molecule has 4 aromatic rings. The summed E-state index contributed by atoms with van der Waals surface area (Å²) in [6, 6.07) is 33.9. The SMILES string of the molecule is Nc1ccc(Pc2ccc(-c3ccc(Pc4ccc(N)cc4)cc3)cc2)cc1. The maximum Gasteiger partial charge on any atom is 0.0314 e. The summed E-state index contributed by atoms with van der Waals surface area (Å²) >= 11 is 0. The quantitative estimate of drug-likeness (QED) is 0.396. The number of anilines is 2. The summed E-state index contributed by atoms with van der Waals surface area (Å²) in [6.07, 6.45) is 0. The Morgan fingerprint density at radius 2 is 0.607 bits per heavy atom. The fraction of sp³-hybridized carbons (Fsp3) is 0. The first-order chi connectivity index (χ1) is 13.7. The Balaban J connectivity index is 1.43. The number of benzene rings is 4. The molecule has 0 aliphatic heterocycles. The van der Waals surface area contributed by atoms with E-state index in [9.17, 15) is 0 Å². The second kappa shape index (κ2) is 8.57. The minimum absolute atomic E-state index is 0.645. The van der Waals surface area contributed by atoms with Gasteiger partial charge in [-0.1, -0.05) is 90.0 Å². The zero-order valence-corrected chi connectivity index (χ0v) is 17.4. The van der Waals surface area contributed by atoms with E-state index in [0.717, 1.165) is 11.4 Å². The van der Waals surface area contributed by atoms with Gasteiger partial charge < -0.3 is 11.5 Å². The lowest BCUT2D eigenvalue weighted by atomic mass is 10.1. The molecule has 0 aliphatic rings. The topological polar surface area (TPSA) is 52.0 Å². The number of hydrogen-bond donors (Lipinski definition) is 2. The largest absolute Gasteiger partial charge is 0.399 e. The molecule has 0 spiro atoms. The molecule has 4 N–H and O–H groups in total. The van der Waals surface area contributed by atoms with Crippen LogP contribution in [-0.4, -0.2) is 0 Å². The van der Waals surface area contributed by atoms with E-state index in [1.54, 1.807) is 0 Å². The van der Waals surface area contributed by atoms with E-state index >= 15 is 0 Å². The van der Waals surface area contributed by atoms with Crippen molar-refractivity contribution >= 4 is 49.8 Å². The van der Waals surface area contributed by atoms with Crippen molar-refractivity contribution in [3.8, 4) is 11.1 Å². The van der Waals surface area contributed by atoms with Crippen LogP contribution in [0.5, 0.6) is 0 Å². The van der Waals surface area contributed by atoms with Crippen molar-refractivity contribution < 1.29 is 0 Å². The van der Waals surface area contributed by atoms with Gasteiger partial charge in [-0.2, -0.15) is 0 Å². The van der Waals surface area contributed by atoms with Crippen molar-refractivity contribution in [3.05, 3.63) is 97.1 Å². The van der Waals surface area contributed by atoms with E-state index in [1.807, 2.05) is 24.3 Å². The van der Waals surface area contributed by atoms with Crippen LogP contribution in [0.25, 0.3) is 11.1 Å². The Kier molecular flexibility index (Phi) is 5.72. The minimum Gasteiger partial charge on any atom is -0.399 e. The molecule has 0 fully saturated rings. The summed E-state index contributed by atoms with van der Waals surface area (Å²) in [5.74, 6) is 0. The first kappa shape index (κ1) is 18.7. The normalized spacial score (nSPS) is 11.6. The zero-order chi connectivity index (χ0) is 19.3. The molecule has 0 amide bonds. The van der Waals surface area contributed by atoms with Crippen LogP contribution in [0.3, 0.4) is 0 Å². The van der Waals surface area contributed by atoms with E-state index in [2.05, 4.69) is 72.8 Å². The average Bonchev–Trinajstić information content (AvgIpc) is 2.73. The Morgan fingerprint density at radius 3 is 0.893 bits per heavy atom. The highest BCUT2D eigenvalue weighted by atomic mass is 31.1. The van der Waals surface area contributed by atoms with Gasteiger partial charge >= 0.3 is 0 Å². The molecule has 0 aliphatic carbocycles. The first-order valence-electron chi connectivity index (χ1n) is 9.11. The Morgan fingerprint density at radius 1 is 0.357 bits per heavy atom. The number of hydrogen-bond acceptors (Lipinski definition) is 2. The number of rotatable bonds is 5. The van der Waals surface area contributed by atoms with Gasteiger partial charge in [0.15, 0.2) is 0 Å². The van der Waals surface area contributed by atoms with Crippen molar-refractivity contribution in [1.29, 1.82) is 0 Å². The lowest BCUT2D eigenvalue weighted by Gasteiger charge is -2.07. The van der Waals surface area contributed by atoms with E-state index in [-0.39, 0.29) is 0 Å². The molecule has 138 valence electrons. The molecule has 28 heavy (non-hydrogen) atoms. The van der Waals surface area contributed by atoms with Crippen LogP contribution in [0.4, 0.5) is 11.4 Å². The lowest BCUT2D eigenvalue weighted by molar-refractivity contribution is 1.66. The standard InChI is InChI=1S/C24H22N2P2/c25-19-5-13-23(14-6-19)27-21-9-1-17(2-10-21)18-3-11-22(12-4-18)28-24-15-7-20(26)8-16-24/h1-16,27-28H,25-26H2. The molecule has 4 heteroatoms. The summed E-state index contributed by atoms with van der Waals surface area (Å²) in [5, 5.41) is 5.26. The van der Waals surface area contributed by atoms with Crippen molar-refractivity contribution in [3.63, 3.8) is 0 Å². The molecule has 0 aromatic heterocycles. The summed E-state index contributed by atoms with van der Waals surface area (Å²) in [5.41, 5.74) is 15.6. The minimum atomic E-state index is 0.645. The molecular weight excluding hydrogens is 378 g/mol. The Bertz CT molecular complexity index is 951. The van der Waals surface area contributed by atoms with Gasteiger partial charge in [-0.25, -0.2) is 0 Å². The van der Waals surface area contributed by atoms with Crippen LogP contribution in [0.2, 0.25) is 0 Å². The van der Waals surface area contributed by atoms with E-state index in [4.69, 9.17) is 11.5 Å². The fourth-order valence-electron chi connectivity index (χ4n) is 2.96. The third kappa shape index (κ3) is 4.78. The molecule has 0 bridgehead atoms. The molecule has 0 radical (unpaired) electrons. The molecule has 0 saturated heterocycles. The van der Waals surface area contributed by atoms with Gasteiger partial charge in [-0.15, -0.1) is 0 Å². The van der Waals surface area contributed by atoms with Gasteiger partial charge in [0.2, 0.25) is 0 Å². The van der Waals surface area contributed by atoms with E-state index in [0.29, 0.717) is 17.2 Å². The summed E-state index contributed by atoms with van der Waals surface area (Å²) < 4.78 is 0. The zero-order valence-electron chi connectivity index (χ0n) is 15.4. The Hall–Kier alpha value is -2.66.